The highest BCUT2D eigenvalue weighted by Crippen LogP contribution is 2.31. The Morgan fingerprint density at radius 1 is 1.32 bits per heavy atom. The van der Waals surface area contributed by atoms with Gasteiger partial charge in [-0.3, -0.25) is 4.79 Å². The highest BCUT2D eigenvalue weighted by Gasteiger charge is 2.13. The number of hydrogen-bond donors (Lipinski definition) is 1. The third kappa shape index (κ3) is 4.39. The molecule has 3 rings (SSSR count). The maximum atomic E-state index is 12.1. The highest BCUT2D eigenvalue weighted by atomic mass is 32.1. The molecule has 5 heteroatoms. The second-order valence-corrected chi connectivity index (χ2v) is 6.49. The Kier molecular flexibility index (Phi) is 5.36. The Hall–Kier alpha value is -2.79. The molecule has 1 amide bonds. The fourth-order valence-electron chi connectivity index (χ4n) is 2.44. The minimum absolute atomic E-state index is 0.179. The second-order valence-electron chi connectivity index (χ2n) is 5.51. The van der Waals surface area contributed by atoms with Crippen molar-refractivity contribution in [1.29, 1.82) is 0 Å². The SMILES string of the molecule is COc1cc(NC(=O)/C=C/c2cccs2)ccc1C1=CC=C(C)OC1. The summed E-state index contributed by atoms with van der Waals surface area (Å²) >= 11 is 1.59. The number of carbonyl (C=O) groups is 1. The molecular weight excluding hydrogens is 334 g/mol. The topological polar surface area (TPSA) is 47.6 Å². The summed E-state index contributed by atoms with van der Waals surface area (Å²) in [6.45, 7) is 2.43. The number of amides is 1. The highest BCUT2D eigenvalue weighted by molar-refractivity contribution is 7.10. The van der Waals surface area contributed by atoms with E-state index in [0.717, 1.165) is 21.8 Å². The van der Waals surface area contributed by atoms with Crippen LogP contribution in [0.15, 0.2) is 59.7 Å². The number of thiophene rings is 1. The van der Waals surface area contributed by atoms with Crippen LogP contribution in [0.5, 0.6) is 5.75 Å². The molecule has 0 radical (unpaired) electrons. The van der Waals surface area contributed by atoms with E-state index < -0.39 is 0 Å². The first-order chi connectivity index (χ1) is 12.2. The van der Waals surface area contributed by atoms with E-state index in [1.165, 1.54) is 6.08 Å². The van der Waals surface area contributed by atoms with Crippen LogP contribution < -0.4 is 10.1 Å². The molecule has 2 aromatic rings. The largest absolute Gasteiger partial charge is 0.496 e. The summed E-state index contributed by atoms with van der Waals surface area (Å²) in [6.07, 6.45) is 7.28. The number of carbonyl (C=O) groups excluding carboxylic acids is 1. The van der Waals surface area contributed by atoms with Crippen molar-refractivity contribution < 1.29 is 14.3 Å². The first-order valence-electron chi connectivity index (χ1n) is 7.87. The Morgan fingerprint density at radius 2 is 2.20 bits per heavy atom. The van der Waals surface area contributed by atoms with Gasteiger partial charge in [-0.1, -0.05) is 12.1 Å². The lowest BCUT2D eigenvalue weighted by Crippen LogP contribution is -2.08. The van der Waals surface area contributed by atoms with Crippen molar-refractivity contribution in [2.45, 2.75) is 6.92 Å². The van der Waals surface area contributed by atoms with Gasteiger partial charge in [-0.15, -0.1) is 11.3 Å². The molecular formula is C20H19NO3S. The lowest BCUT2D eigenvalue weighted by atomic mass is 10.0. The van der Waals surface area contributed by atoms with Crippen molar-refractivity contribution in [2.75, 3.05) is 19.0 Å². The summed E-state index contributed by atoms with van der Waals surface area (Å²) in [5.41, 5.74) is 2.68. The van der Waals surface area contributed by atoms with E-state index in [1.54, 1.807) is 24.5 Å². The summed E-state index contributed by atoms with van der Waals surface area (Å²) in [4.78, 5) is 13.1. The smallest absolute Gasteiger partial charge is 0.248 e. The lowest BCUT2D eigenvalue weighted by Gasteiger charge is -2.17. The van der Waals surface area contributed by atoms with E-state index in [1.807, 2.05) is 54.8 Å². The summed E-state index contributed by atoms with van der Waals surface area (Å²) in [5.74, 6) is 1.41. The average Bonchev–Trinajstić information content (AvgIpc) is 3.14. The van der Waals surface area contributed by atoms with Crippen molar-refractivity contribution in [3.05, 3.63) is 70.1 Å². The van der Waals surface area contributed by atoms with Gasteiger partial charge < -0.3 is 14.8 Å². The molecule has 0 saturated carbocycles. The van der Waals surface area contributed by atoms with Crippen LogP contribution in [0, 0.1) is 0 Å². The summed E-state index contributed by atoms with van der Waals surface area (Å²) < 4.78 is 11.0. The van der Waals surface area contributed by atoms with Crippen LogP contribution in [0.4, 0.5) is 5.69 Å². The molecule has 0 unspecified atom stereocenters. The average molecular weight is 353 g/mol. The van der Waals surface area contributed by atoms with Gasteiger partial charge in [-0.05, 0) is 42.7 Å². The number of methoxy groups -OCH3 is 1. The van der Waals surface area contributed by atoms with E-state index >= 15 is 0 Å². The zero-order valence-electron chi connectivity index (χ0n) is 14.1. The Morgan fingerprint density at radius 3 is 2.88 bits per heavy atom. The molecule has 2 heterocycles. The van der Waals surface area contributed by atoms with Crippen LogP contribution in [-0.4, -0.2) is 19.6 Å². The van der Waals surface area contributed by atoms with E-state index in [0.29, 0.717) is 18.0 Å². The van der Waals surface area contributed by atoms with Crippen molar-refractivity contribution in [2.24, 2.45) is 0 Å². The molecule has 128 valence electrons. The zero-order chi connectivity index (χ0) is 17.6. The van der Waals surface area contributed by atoms with Crippen molar-refractivity contribution in [3.63, 3.8) is 0 Å². The molecule has 0 fully saturated rings. The molecule has 0 saturated heterocycles. The molecule has 1 aliphatic rings. The quantitative estimate of drug-likeness (QED) is 0.791. The van der Waals surface area contributed by atoms with Gasteiger partial charge in [0, 0.05) is 33.8 Å². The van der Waals surface area contributed by atoms with Crippen LogP contribution in [0.2, 0.25) is 0 Å². The molecule has 1 aromatic carbocycles. The summed E-state index contributed by atoms with van der Waals surface area (Å²) in [5, 5.41) is 4.83. The number of nitrogens with one attached hydrogen (secondary N) is 1. The van der Waals surface area contributed by atoms with Crippen molar-refractivity contribution in [3.8, 4) is 5.75 Å². The molecule has 0 aliphatic carbocycles. The van der Waals surface area contributed by atoms with Gasteiger partial charge in [-0.25, -0.2) is 0 Å². The van der Waals surface area contributed by atoms with Gasteiger partial charge in [0.05, 0.1) is 12.9 Å². The third-order valence-corrected chi connectivity index (χ3v) is 4.57. The maximum absolute atomic E-state index is 12.1. The molecule has 25 heavy (non-hydrogen) atoms. The van der Waals surface area contributed by atoms with Crippen LogP contribution in [-0.2, 0) is 9.53 Å². The van der Waals surface area contributed by atoms with Crippen molar-refractivity contribution >= 4 is 34.6 Å². The minimum atomic E-state index is -0.179. The van der Waals surface area contributed by atoms with Gasteiger partial charge in [0.25, 0.3) is 0 Å². The van der Waals surface area contributed by atoms with Crippen LogP contribution in [0.3, 0.4) is 0 Å². The van der Waals surface area contributed by atoms with Crippen molar-refractivity contribution in [1.82, 2.24) is 0 Å². The number of allylic oxidation sites excluding steroid dienone is 3. The van der Waals surface area contributed by atoms with Gasteiger partial charge in [0.1, 0.15) is 12.4 Å². The van der Waals surface area contributed by atoms with Gasteiger partial charge in [0.15, 0.2) is 0 Å². The predicted octanol–water partition coefficient (Wildman–Crippen LogP) is 4.73. The Labute approximate surface area is 151 Å². The zero-order valence-corrected chi connectivity index (χ0v) is 14.9. The van der Waals surface area contributed by atoms with Crippen LogP contribution in [0.1, 0.15) is 17.4 Å². The van der Waals surface area contributed by atoms with Crippen LogP contribution >= 0.6 is 11.3 Å². The minimum Gasteiger partial charge on any atom is -0.496 e. The van der Waals surface area contributed by atoms with E-state index in [9.17, 15) is 4.79 Å². The third-order valence-electron chi connectivity index (χ3n) is 3.73. The van der Waals surface area contributed by atoms with Crippen LogP contribution in [0.25, 0.3) is 11.6 Å². The monoisotopic (exact) mass is 353 g/mol. The Bertz CT molecular complexity index is 848. The normalized spacial score (nSPS) is 13.8. The number of hydrogen-bond acceptors (Lipinski definition) is 4. The van der Waals surface area contributed by atoms with E-state index in [2.05, 4.69) is 5.32 Å². The van der Waals surface area contributed by atoms with E-state index in [4.69, 9.17) is 9.47 Å². The molecule has 0 bridgehead atoms. The lowest BCUT2D eigenvalue weighted by molar-refractivity contribution is -0.111. The molecule has 0 atom stereocenters. The summed E-state index contributed by atoms with van der Waals surface area (Å²) in [7, 11) is 1.62. The molecule has 4 nitrogen and oxygen atoms in total. The fraction of sp³-hybridized carbons (Fsp3) is 0.150. The number of ether oxygens (including phenoxy) is 2. The Balaban J connectivity index is 1.74. The number of benzene rings is 1. The molecule has 1 aromatic heterocycles. The van der Waals surface area contributed by atoms with Gasteiger partial charge in [-0.2, -0.15) is 0 Å². The first kappa shape index (κ1) is 17.0. The first-order valence-corrected chi connectivity index (χ1v) is 8.75. The standard InChI is InChI=1S/C20H19NO3S/c1-14-5-6-15(13-24-14)18-9-7-16(12-19(18)23-2)21-20(22)10-8-17-4-3-11-25-17/h3-12H,13H2,1-2H3,(H,21,22)/b10-8+. The number of rotatable bonds is 5. The molecule has 1 N–H and O–H groups in total. The fourth-order valence-corrected chi connectivity index (χ4v) is 3.05. The van der Waals surface area contributed by atoms with E-state index in [-0.39, 0.29) is 5.91 Å². The van der Waals surface area contributed by atoms with Gasteiger partial charge in [0.2, 0.25) is 5.91 Å². The van der Waals surface area contributed by atoms with Gasteiger partial charge >= 0.3 is 0 Å². The summed E-state index contributed by atoms with van der Waals surface area (Å²) in [6, 6.07) is 9.52. The predicted molar refractivity (Wildman–Crippen MR) is 103 cm³/mol. The number of anilines is 1. The molecule has 0 spiro atoms. The molecule has 1 aliphatic heterocycles. The second kappa shape index (κ2) is 7.85. The maximum Gasteiger partial charge on any atom is 0.248 e.